The van der Waals surface area contributed by atoms with Crippen molar-refractivity contribution >= 4 is 69.6 Å². The fourth-order valence-electron chi connectivity index (χ4n) is 17.6. The van der Waals surface area contributed by atoms with Crippen molar-refractivity contribution in [3.05, 3.63) is 0 Å². The zero-order valence-corrected chi connectivity index (χ0v) is 86.8. The predicted molar refractivity (Wildman–Crippen MR) is 495 cm³/mol. The van der Waals surface area contributed by atoms with Gasteiger partial charge in [0.1, 0.15) is 48.3 Å². The first-order valence-electron chi connectivity index (χ1n) is 48.8. The van der Waals surface area contributed by atoms with Crippen molar-refractivity contribution in [2.45, 2.75) is 463 Å². The highest BCUT2D eigenvalue weighted by atomic mass is 32.2. The highest BCUT2D eigenvalue weighted by molar-refractivity contribution is 7.90. The minimum absolute atomic E-state index is 0.0226. The number of hydrogen-bond donors (Lipinski definition) is 7. The molecule has 0 aromatic heterocycles. The number of sulfonamides is 1. The molecule has 9 saturated carbocycles. The Morgan fingerprint density at radius 2 is 1.04 bits per heavy atom. The van der Waals surface area contributed by atoms with Crippen LogP contribution >= 0.6 is 0 Å². The standard InChI is InChI=1S/C17H32O3.C16H26O4.C15H19NO4.C14H26O2.C12H22O2.C10H16O5.C8H16F3NO3S.C8H15NO3/c1-7-17(5,6)14(18)20-15(16(2,3)4)19-13-11-9-8-10-12-13;1-4-13(2,3)12(17)20-16-7-11-5-14(18,9-16)8-15(19,6-11)10-16;1-4-14(2,3)12(17)19-10-8-5-9-11(10)20-13(18)15(9,6-8)7-16;1-6-13(4,5)12(15)16-14(11(2)3)9-7-8-10-14;1-5-11(2,3)10(13)14-12(4)8-6-7-9-12;1-3-10(2,6-11)9(13)15-7-4-8(12)14-5-7;1-3-7(2,4-5-13)16(14,15)12-6-8(9,10)11;1-4-8(3,5-10)7(12)9-6(2)11/h13,15H,7-12H2,1-6H3;11,18-19H,4-10H2,1-3H3;8-11H,4-6H2,1-3H3;11H,6-10H2,1-5H3;5-9H2,1-4H3;7,11H,3-6H2,1-2H3;12-13H,3-6H2,1-2H3;10H,4-5H2,1-3H3,(H,9,11,12). The van der Waals surface area contributed by atoms with Gasteiger partial charge < -0.3 is 68.2 Å². The summed E-state index contributed by atoms with van der Waals surface area (Å²) in [5.41, 5.74) is -7.73. The fraction of sp³-hybridized carbons (Fsp3) is 0.890. The molecule has 12 atom stereocenters. The Kier molecular flexibility index (Phi) is 44.2. The molecule has 12 unspecified atom stereocenters. The van der Waals surface area contributed by atoms with Crippen LogP contribution in [-0.4, -0.2) is 196 Å². The van der Waals surface area contributed by atoms with Crippen molar-refractivity contribution in [1.82, 2.24) is 10.0 Å². The molecule has 2 amide bonds. The molecule has 2 saturated heterocycles. The van der Waals surface area contributed by atoms with Crippen molar-refractivity contribution in [3.63, 3.8) is 0 Å². The van der Waals surface area contributed by atoms with Crippen LogP contribution in [0.5, 0.6) is 0 Å². The van der Waals surface area contributed by atoms with Crippen LogP contribution in [0.25, 0.3) is 0 Å². The Morgan fingerprint density at radius 3 is 1.44 bits per heavy atom. The molecule has 33 heteroatoms. The van der Waals surface area contributed by atoms with Crippen LogP contribution in [-0.2, 0) is 101 Å². The third kappa shape index (κ3) is 33.3. The number of nitriles is 1. The summed E-state index contributed by atoms with van der Waals surface area (Å²) in [7, 11) is -4.10. The van der Waals surface area contributed by atoms with Crippen LogP contribution in [0.15, 0.2) is 0 Å². The number of fused-ring (bicyclic) bond motifs is 1. The van der Waals surface area contributed by atoms with E-state index in [9.17, 15) is 85.0 Å². The molecule has 2 aliphatic heterocycles. The lowest BCUT2D eigenvalue weighted by Gasteiger charge is -2.62. The number of carbonyl (C=O) groups excluding carboxylic acids is 10. The van der Waals surface area contributed by atoms with E-state index < -0.39 is 126 Å². The van der Waals surface area contributed by atoms with Crippen LogP contribution in [0.1, 0.15) is 393 Å². The normalized spacial score (nSPS) is 27.0. The van der Waals surface area contributed by atoms with Crippen molar-refractivity contribution in [2.24, 2.45) is 72.4 Å². The van der Waals surface area contributed by atoms with Crippen LogP contribution in [0, 0.1) is 83.7 Å². The zero-order chi connectivity index (χ0) is 102. The van der Waals surface area contributed by atoms with E-state index >= 15 is 0 Å². The van der Waals surface area contributed by atoms with Gasteiger partial charge in [-0.2, -0.15) is 18.4 Å². The van der Waals surface area contributed by atoms with Gasteiger partial charge in [-0.25, -0.2) is 13.1 Å². The lowest BCUT2D eigenvalue weighted by atomic mass is 9.50. The third-order valence-corrected chi connectivity index (χ3v) is 32.5. The molecule has 0 aromatic rings. The number of aliphatic hydroxyl groups is 5. The number of aliphatic hydroxyl groups excluding tert-OH is 3. The van der Waals surface area contributed by atoms with E-state index in [1.54, 1.807) is 34.6 Å². The van der Waals surface area contributed by atoms with E-state index in [-0.39, 0.29) is 132 Å². The maximum Gasteiger partial charge on any atom is 0.402 e. The summed E-state index contributed by atoms with van der Waals surface area (Å²) < 4.78 is 109. The second kappa shape index (κ2) is 48.6. The smallest absolute Gasteiger partial charge is 0.402 e. The van der Waals surface area contributed by atoms with Gasteiger partial charge in [-0.05, 0) is 263 Å². The van der Waals surface area contributed by atoms with E-state index in [2.05, 4.69) is 57.7 Å². The number of nitrogens with one attached hydrogen (secondary N) is 2. The Bertz CT molecular complexity index is 3970. The number of nitrogens with zero attached hydrogens (tertiary/aromatic N) is 1. The van der Waals surface area contributed by atoms with Gasteiger partial charge in [0, 0.05) is 50.0 Å². The van der Waals surface area contributed by atoms with Gasteiger partial charge in [-0.1, -0.05) is 109 Å². The molecule has 0 aromatic carbocycles. The average molecular weight is 1920 g/mol. The molecule has 11 fully saturated rings. The van der Waals surface area contributed by atoms with Gasteiger partial charge in [-0.3, -0.25) is 53.3 Å². The minimum Gasteiger partial charge on any atom is -0.462 e. The molecule has 11 rings (SSSR count). The molecule has 7 N–H and O–H groups in total. The van der Waals surface area contributed by atoms with E-state index in [4.69, 9.17) is 53.2 Å². The van der Waals surface area contributed by atoms with Crippen molar-refractivity contribution in [1.29, 1.82) is 5.26 Å². The number of amides is 2. The zero-order valence-electron chi connectivity index (χ0n) is 86.0. The van der Waals surface area contributed by atoms with E-state index in [0.29, 0.717) is 50.9 Å². The Balaban J connectivity index is 0.000000394. The second-order valence-corrected chi connectivity index (χ2v) is 47.3. The van der Waals surface area contributed by atoms with Gasteiger partial charge >= 0.3 is 53.9 Å². The highest BCUT2D eigenvalue weighted by Gasteiger charge is 2.73. The number of imide groups is 1. The fourth-order valence-corrected chi connectivity index (χ4v) is 19.1. The molecule has 0 radical (unpaired) electrons. The largest absolute Gasteiger partial charge is 0.462 e. The lowest BCUT2D eigenvalue weighted by Crippen LogP contribution is -2.67. The summed E-state index contributed by atoms with van der Waals surface area (Å²) >= 11 is 0. The molecule has 11 aliphatic rings. The maximum absolute atomic E-state index is 12.4. The molecule has 133 heavy (non-hydrogen) atoms. The van der Waals surface area contributed by atoms with Gasteiger partial charge in [0.05, 0.1) is 85.7 Å². The first kappa shape index (κ1) is 121. The number of carbonyl (C=O) groups is 10. The molecular weight excluding hydrogens is 1750 g/mol. The summed E-state index contributed by atoms with van der Waals surface area (Å²) in [4.78, 5) is 117. The van der Waals surface area contributed by atoms with Crippen LogP contribution in [0.3, 0.4) is 0 Å². The number of ether oxygens (including phenoxy) is 9. The average Bonchev–Trinajstić information content (AvgIpc) is 1.64. The molecule has 9 aliphatic carbocycles. The molecule has 2 heterocycles. The van der Waals surface area contributed by atoms with Gasteiger partial charge in [-0.15, -0.1) is 0 Å². The topological polar surface area (TPSA) is 437 Å². The number of rotatable bonds is 31. The second-order valence-electron chi connectivity index (χ2n) is 45.0. The maximum atomic E-state index is 12.4. The van der Waals surface area contributed by atoms with E-state index in [1.807, 2.05) is 104 Å². The van der Waals surface area contributed by atoms with Gasteiger partial charge in [0.25, 0.3) is 0 Å². The quantitative estimate of drug-likeness (QED) is 0.0192. The predicted octanol–water partition coefficient (Wildman–Crippen LogP) is 17.2. The molecule has 6 bridgehead atoms. The summed E-state index contributed by atoms with van der Waals surface area (Å²) in [6, 6.07) is 2.15. The third-order valence-electron chi connectivity index (χ3n) is 30.2. The first-order chi connectivity index (χ1) is 60.9. The summed E-state index contributed by atoms with van der Waals surface area (Å²) in [5, 5.41) is 59.5. The lowest BCUT2D eigenvalue weighted by molar-refractivity contribution is -0.264. The number of halogens is 3. The number of hydrogen-bond acceptors (Lipinski definition) is 27. The number of esters is 8. The Labute approximate surface area is 792 Å². The summed E-state index contributed by atoms with van der Waals surface area (Å²) in [5.74, 6) is -2.06. The number of alkyl halides is 3. The molecule has 770 valence electrons. The van der Waals surface area contributed by atoms with E-state index in [0.717, 1.165) is 89.9 Å². The molecular formula is C100H172F3N3O26S. The monoisotopic (exact) mass is 1920 g/mol. The Hall–Kier alpha value is -6.15. The SMILES string of the molecule is CCC(C)(C)C(=O)OC(OC1CCCCC1)C(C)(C)C.CCC(C)(C)C(=O)OC1(C(C)C)CCCC1.CCC(C)(C)C(=O)OC1(C)CCCC1.CCC(C)(C)C(=O)OC12CC3CC(O)(CC(O)(C3)C1)C2.CCC(C)(C)C(=O)OC1C2CC3C1OC(=O)C3(C#N)C2.CCC(C)(CCO)S(=O)(=O)NCC(F)(F)F.CCC(C)(CO)C(=O)NC(C)=O.CCC(C)(CO)C(=O)OC1COC(=O)C1. The number of cyclic esters (lactones) is 1. The Morgan fingerprint density at radius 1 is 0.571 bits per heavy atom. The van der Waals surface area contributed by atoms with Crippen LogP contribution < -0.4 is 10.0 Å². The summed E-state index contributed by atoms with van der Waals surface area (Å²) in [6.07, 6.45) is 18.6. The van der Waals surface area contributed by atoms with Crippen molar-refractivity contribution < 1.29 is 138 Å². The van der Waals surface area contributed by atoms with Crippen LogP contribution in [0.4, 0.5) is 13.2 Å². The molecule has 29 nitrogen and oxygen atoms in total. The van der Waals surface area contributed by atoms with Crippen LogP contribution in [0.2, 0.25) is 0 Å². The first-order valence-corrected chi connectivity index (χ1v) is 50.3. The van der Waals surface area contributed by atoms with Gasteiger partial charge in [0.2, 0.25) is 28.1 Å². The van der Waals surface area contributed by atoms with Gasteiger partial charge in [0.15, 0.2) is 5.41 Å². The highest BCUT2D eigenvalue weighted by Crippen LogP contribution is 2.63. The molecule has 0 spiro atoms. The van der Waals surface area contributed by atoms with Crippen molar-refractivity contribution in [3.8, 4) is 6.07 Å². The summed E-state index contributed by atoms with van der Waals surface area (Å²) in [6.45, 7) is 50.3. The van der Waals surface area contributed by atoms with E-state index in [1.165, 1.54) is 63.5 Å². The van der Waals surface area contributed by atoms with Crippen molar-refractivity contribution in [2.75, 3.05) is 33.0 Å². The minimum atomic E-state index is -4.58.